The Morgan fingerprint density at radius 2 is 1.48 bits per heavy atom. The number of hydrogen-bond acceptors (Lipinski definition) is 15. The van der Waals surface area contributed by atoms with Gasteiger partial charge in [-0.2, -0.15) is 0 Å². The number of H-pyrrole nitrogens is 1. The molecule has 20 heteroatoms. The van der Waals surface area contributed by atoms with Crippen LogP contribution in [0.3, 0.4) is 0 Å². The average Bonchev–Trinajstić information content (AvgIpc) is 3.75. The number of nitrogens with one attached hydrogen (secondary N) is 4. The maximum absolute atomic E-state index is 13.7. The molecule has 2 aromatic heterocycles. The molecule has 2 aliphatic heterocycles. The fraction of sp³-hybridized carbons (Fsp3) is 0.652. The number of carbonyl (C=O) groups is 3. The Balaban J connectivity index is 1.19. The number of hydrogen-bond donors (Lipinski definition) is 10. The zero-order chi connectivity index (χ0) is 47.6. The lowest BCUT2D eigenvalue weighted by molar-refractivity contribution is -0.228. The predicted molar refractivity (Wildman–Crippen MR) is 242 cm³/mol. The van der Waals surface area contributed by atoms with E-state index in [1.807, 2.05) is 23.2 Å². The van der Waals surface area contributed by atoms with E-state index in [9.17, 15) is 49.5 Å². The first kappa shape index (κ1) is 52.3. The third-order valence-corrected chi connectivity index (χ3v) is 12.2. The number of amides is 2. The first-order valence-corrected chi connectivity index (χ1v) is 23.4. The van der Waals surface area contributed by atoms with E-state index in [1.54, 1.807) is 18.2 Å². The van der Waals surface area contributed by atoms with E-state index in [0.29, 0.717) is 18.4 Å². The molecule has 4 heterocycles. The van der Waals surface area contributed by atoms with Crippen LogP contribution in [-0.4, -0.2) is 139 Å². The van der Waals surface area contributed by atoms with Crippen LogP contribution in [0.5, 0.6) is 0 Å². The van der Waals surface area contributed by atoms with Crippen LogP contribution in [0, 0.1) is 0 Å². The van der Waals surface area contributed by atoms with Crippen LogP contribution in [0.25, 0.3) is 10.9 Å². The summed E-state index contributed by atoms with van der Waals surface area (Å²) in [4.78, 5) is 70.8. The van der Waals surface area contributed by atoms with E-state index in [0.717, 1.165) is 47.9 Å². The van der Waals surface area contributed by atoms with Gasteiger partial charge < -0.3 is 61.4 Å². The van der Waals surface area contributed by atoms with E-state index >= 15 is 0 Å². The molecule has 0 saturated carbocycles. The molecule has 5 rings (SSSR count). The lowest BCUT2D eigenvalue weighted by atomic mass is 9.98. The Bertz CT molecular complexity index is 2100. The topological polar surface area (TPSA) is 310 Å². The van der Waals surface area contributed by atoms with Gasteiger partial charge in [-0.25, -0.2) is 9.78 Å². The quantitative estimate of drug-likeness (QED) is 0.0439. The Morgan fingerprint density at radius 1 is 0.818 bits per heavy atom. The van der Waals surface area contributed by atoms with Gasteiger partial charge in [0.1, 0.15) is 60.5 Å². The number of unbranched alkanes of at least 4 members (excludes halogenated alkanes) is 12. The summed E-state index contributed by atoms with van der Waals surface area (Å²) in [5, 5.41) is 63.2. The van der Waals surface area contributed by atoms with Crippen LogP contribution >= 0.6 is 0 Å². The molecule has 2 amide bonds. The summed E-state index contributed by atoms with van der Waals surface area (Å²) >= 11 is 0. The molecule has 11 N–H and O–H groups in total. The SMILES string of the molecule is CCCCCCCCCCCCCCC[C@H](NC(=O)c1ccc2ccccc2n1)C(=O)NCCCN[C@H](C(=O)O)[C@H](O[C@@H]1O[C@H](CN)[C@@H](O)[C@H]1O)[C@H]1O[C@@H](n2ccc(=O)[nH]c2=O)[C@H](O)[C@@H]1O. The van der Waals surface area contributed by atoms with Gasteiger partial charge in [0.05, 0.1) is 5.52 Å². The first-order valence-electron chi connectivity index (χ1n) is 23.4. The van der Waals surface area contributed by atoms with Crippen LogP contribution in [-0.2, 0) is 23.8 Å². The highest BCUT2D eigenvalue weighted by Gasteiger charge is 2.54. The van der Waals surface area contributed by atoms with Gasteiger partial charge in [-0.3, -0.25) is 28.7 Å². The largest absolute Gasteiger partial charge is 0.480 e. The van der Waals surface area contributed by atoms with Crippen LogP contribution in [0.1, 0.15) is 120 Å². The van der Waals surface area contributed by atoms with Crippen molar-refractivity contribution in [1.29, 1.82) is 0 Å². The lowest BCUT2D eigenvalue weighted by Gasteiger charge is -2.33. The number of pyridine rings is 1. The van der Waals surface area contributed by atoms with Gasteiger partial charge in [0.2, 0.25) is 5.91 Å². The number of aromatic amines is 1. The number of rotatable bonds is 29. The number of carboxylic acid groups (broad SMARTS) is 1. The van der Waals surface area contributed by atoms with Gasteiger partial charge >= 0.3 is 11.7 Å². The molecule has 1 aromatic carbocycles. The number of benzene rings is 1. The highest BCUT2D eigenvalue weighted by molar-refractivity contribution is 5.97. The van der Waals surface area contributed by atoms with Crippen molar-refractivity contribution in [2.75, 3.05) is 19.6 Å². The second kappa shape index (κ2) is 26.6. The van der Waals surface area contributed by atoms with Crippen molar-refractivity contribution in [1.82, 2.24) is 30.5 Å². The maximum atomic E-state index is 13.7. The average molecular weight is 928 g/mol. The second-order valence-electron chi connectivity index (χ2n) is 17.2. The van der Waals surface area contributed by atoms with Crippen molar-refractivity contribution in [3.8, 4) is 0 Å². The molecule has 0 aliphatic carbocycles. The standard InChI is InChI=1S/C46H69N7O13/c1-2-3-4-5-6-7-8-9-10-11-12-13-14-20-30(51-42(60)31-22-21-28-18-15-16-19-29(28)50-31)41(59)49-25-17-24-48-34(44(61)62)39(66-45-38(58)35(55)32(27-47)64-45)40-36(56)37(57)43(65-40)53-26-23-33(54)52-46(53)63/h15-16,18-19,21-23,26,30,32,34-40,43,45,48,55-58H,2-14,17,20,24-25,27,47H2,1H3,(H,49,59)(H,51,60)(H,61,62)(H,52,54,63)/t30-,32+,34-,35+,36-,37+,38+,39-,40-,43+,45-/m0/s1. The molecule has 2 fully saturated rings. The Morgan fingerprint density at radius 3 is 2.12 bits per heavy atom. The van der Waals surface area contributed by atoms with Crippen LogP contribution in [0.2, 0.25) is 0 Å². The summed E-state index contributed by atoms with van der Waals surface area (Å²) in [6, 6.07) is 9.16. The first-order chi connectivity index (χ1) is 31.8. The van der Waals surface area contributed by atoms with E-state index in [1.165, 1.54) is 51.4 Å². The Hall–Kier alpha value is -4.64. The van der Waals surface area contributed by atoms with Crippen molar-refractivity contribution in [2.45, 2.75) is 171 Å². The molecule has 0 spiro atoms. The van der Waals surface area contributed by atoms with E-state index in [2.05, 4.69) is 27.9 Å². The molecule has 0 radical (unpaired) electrons. The van der Waals surface area contributed by atoms with Crippen molar-refractivity contribution >= 4 is 28.7 Å². The van der Waals surface area contributed by atoms with Crippen molar-refractivity contribution in [2.24, 2.45) is 5.73 Å². The summed E-state index contributed by atoms with van der Waals surface area (Å²) in [5.41, 5.74) is 4.76. The highest BCUT2D eigenvalue weighted by Crippen LogP contribution is 2.34. The molecule has 0 bridgehead atoms. The lowest BCUT2D eigenvalue weighted by Crippen LogP contribution is -2.57. The number of para-hydroxylation sites is 1. The zero-order valence-corrected chi connectivity index (χ0v) is 37.7. The summed E-state index contributed by atoms with van der Waals surface area (Å²) < 4.78 is 18.1. The number of nitrogens with zero attached hydrogens (tertiary/aromatic N) is 2. The molecular weight excluding hydrogens is 859 g/mol. The van der Waals surface area contributed by atoms with Gasteiger partial charge in [0.15, 0.2) is 12.5 Å². The fourth-order valence-corrected chi connectivity index (χ4v) is 8.42. The Labute approximate surface area is 383 Å². The number of fused-ring (bicyclic) bond motifs is 1. The predicted octanol–water partition coefficient (Wildman–Crippen LogP) is 1.32. The van der Waals surface area contributed by atoms with E-state index in [4.69, 9.17) is 19.9 Å². The molecule has 366 valence electrons. The minimum atomic E-state index is -1.87. The smallest absolute Gasteiger partial charge is 0.330 e. The van der Waals surface area contributed by atoms with Crippen LogP contribution in [0.4, 0.5) is 0 Å². The van der Waals surface area contributed by atoms with Gasteiger partial charge in [-0.05, 0) is 31.5 Å². The summed E-state index contributed by atoms with van der Waals surface area (Å²) in [7, 11) is 0. The second-order valence-corrected chi connectivity index (χ2v) is 17.2. The number of aromatic nitrogens is 3. The van der Waals surface area contributed by atoms with Crippen molar-refractivity contribution < 1.29 is 54.1 Å². The number of ether oxygens (including phenoxy) is 3. The summed E-state index contributed by atoms with van der Waals surface area (Å²) in [6.07, 6.45) is 1.97. The highest BCUT2D eigenvalue weighted by atomic mass is 16.7. The minimum absolute atomic E-state index is 0.0518. The molecule has 11 atom stereocenters. The number of carboxylic acids is 1. The van der Waals surface area contributed by atoms with Gasteiger partial charge in [0.25, 0.3) is 11.5 Å². The molecule has 20 nitrogen and oxygen atoms in total. The third-order valence-electron chi connectivity index (χ3n) is 12.2. The number of aliphatic carboxylic acids is 1. The van der Waals surface area contributed by atoms with E-state index < -0.39 is 96.4 Å². The normalized spacial score (nSPS) is 24.3. The maximum Gasteiger partial charge on any atom is 0.330 e. The third kappa shape index (κ3) is 14.7. The summed E-state index contributed by atoms with van der Waals surface area (Å²) in [6.45, 7) is 1.98. The van der Waals surface area contributed by atoms with Gasteiger partial charge in [0, 0.05) is 30.7 Å². The number of aliphatic hydroxyl groups is 4. The number of aliphatic hydroxyl groups excluding tert-OH is 4. The number of nitrogens with two attached hydrogens (primary N) is 1. The zero-order valence-electron chi connectivity index (χ0n) is 37.7. The van der Waals surface area contributed by atoms with Gasteiger partial charge in [-0.15, -0.1) is 0 Å². The molecule has 0 unspecified atom stereocenters. The molecule has 2 saturated heterocycles. The Kier molecular flexibility index (Phi) is 21.1. The monoisotopic (exact) mass is 927 g/mol. The minimum Gasteiger partial charge on any atom is -0.480 e. The van der Waals surface area contributed by atoms with E-state index in [-0.39, 0.29) is 31.7 Å². The fourth-order valence-electron chi connectivity index (χ4n) is 8.42. The van der Waals surface area contributed by atoms with Gasteiger partial charge in [-0.1, -0.05) is 115 Å². The van der Waals surface area contributed by atoms with Crippen molar-refractivity contribution in [3.05, 3.63) is 75.2 Å². The summed E-state index contributed by atoms with van der Waals surface area (Å²) in [5.74, 6) is -2.44. The molecule has 2 aliphatic rings. The number of carbonyl (C=O) groups excluding carboxylic acids is 2. The molecule has 3 aromatic rings. The molecular formula is C46H69N7O13. The van der Waals surface area contributed by atoms with Crippen molar-refractivity contribution in [3.63, 3.8) is 0 Å². The van der Waals surface area contributed by atoms with Crippen LogP contribution < -0.4 is 32.9 Å². The van der Waals surface area contributed by atoms with Crippen LogP contribution in [0.15, 0.2) is 58.3 Å². The molecule has 66 heavy (non-hydrogen) atoms.